The van der Waals surface area contributed by atoms with Gasteiger partial charge in [0.15, 0.2) is 0 Å². The average molecular weight is 404 g/mol. The minimum atomic E-state index is -0.0484. The average Bonchev–Trinajstić information content (AvgIpc) is 2.79. The first kappa shape index (κ1) is 20.5. The summed E-state index contributed by atoms with van der Waals surface area (Å²) in [5.74, 6) is -0.0484. The van der Waals surface area contributed by atoms with E-state index in [4.69, 9.17) is 9.72 Å². The molecule has 0 aliphatic carbocycles. The van der Waals surface area contributed by atoms with Crippen LogP contribution in [0.15, 0.2) is 48.5 Å². The number of morpholine rings is 1. The van der Waals surface area contributed by atoms with Gasteiger partial charge in [-0.05, 0) is 30.5 Å². The maximum absolute atomic E-state index is 13.1. The zero-order valence-electron chi connectivity index (χ0n) is 17.8. The lowest BCUT2D eigenvalue weighted by molar-refractivity contribution is 0.0383. The van der Waals surface area contributed by atoms with Gasteiger partial charge in [-0.3, -0.25) is 9.69 Å². The summed E-state index contributed by atoms with van der Waals surface area (Å²) in [4.78, 5) is 20.3. The largest absolute Gasteiger partial charge is 0.379 e. The summed E-state index contributed by atoms with van der Waals surface area (Å²) in [6.07, 6.45) is 1.00. The van der Waals surface area contributed by atoms with Crippen molar-refractivity contribution < 1.29 is 9.53 Å². The molecule has 4 rings (SSSR count). The van der Waals surface area contributed by atoms with E-state index in [2.05, 4.69) is 41.4 Å². The number of hydrogen-bond acceptors (Lipinski definition) is 4. The van der Waals surface area contributed by atoms with E-state index in [1.807, 2.05) is 31.2 Å². The first-order chi connectivity index (χ1) is 14.7. The number of nitrogens with zero attached hydrogens (tertiary/aromatic N) is 2. The van der Waals surface area contributed by atoms with Crippen LogP contribution in [-0.4, -0.2) is 55.2 Å². The van der Waals surface area contributed by atoms with Gasteiger partial charge in [-0.15, -0.1) is 0 Å². The summed E-state index contributed by atoms with van der Waals surface area (Å²) in [6.45, 7) is 9.02. The van der Waals surface area contributed by atoms with Gasteiger partial charge in [0.1, 0.15) is 0 Å². The maximum atomic E-state index is 13.1. The fourth-order valence-electron chi connectivity index (χ4n) is 3.89. The highest BCUT2D eigenvalue weighted by atomic mass is 16.5. The van der Waals surface area contributed by atoms with Crippen LogP contribution in [0, 0.1) is 6.92 Å². The van der Waals surface area contributed by atoms with Gasteiger partial charge in [0.25, 0.3) is 5.91 Å². The molecule has 5 nitrogen and oxygen atoms in total. The van der Waals surface area contributed by atoms with E-state index in [-0.39, 0.29) is 5.91 Å². The highest BCUT2D eigenvalue weighted by molar-refractivity contribution is 6.07. The molecule has 1 aromatic heterocycles. The van der Waals surface area contributed by atoms with Crippen molar-refractivity contribution in [2.24, 2.45) is 0 Å². The summed E-state index contributed by atoms with van der Waals surface area (Å²) in [6, 6.07) is 16.4. The SMILES string of the molecule is CCc1ccc(-c2cc(C(=O)NCCN3CCOCC3)c3cccc(C)c3n2)cc1. The molecule has 0 bridgehead atoms. The van der Waals surface area contributed by atoms with Crippen molar-refractivity contribution in [3.05, 3.63) is 65.2 Å². The highest BCUT2D eigenvalue weighted by Gasteiger charge is 2.16. The number of para-hydroxylation sites is 1. The van der Waals surface area contributed by atoms with Crippen molar-refractivity contribution in [3.63, 3.8) is 0 Å². The summed E-state index contributed by atoms with van der Waals surface area (Å²) < 4.78 is 5.39. The number of ether oxygens (including phenoxy) is 1. The zero-order chi connectivity index (χ0) is 20.9. The molecule has 0 atom stereocenters. The Bertz CT molecular complexity index is 1020. The molecule has 1 aliphatic rings. The van der Waals surface area contributed by atoms with Gasteiger partial charge in [-0.25, -0.2) is 4.98 Å². The number of hydrogen-bond donors (Lipinski definition) is 1. The lowest BCUT2D eigenvalue weighted by Gasteiger charge is -2.26. The van der Waals surface area contributed by atoms with Gasteiger partial charge < -0.3 is 10.1 Å². The molecule has 1 fully saturated rings. The molecule has 0 saturated carbocycles. The summed E-state index contributed by atoms with van der Waals surface area (Å²) in [5, 5.41) is 4.00. The van der Waals surface area contributed by atoms with Crippen LogP contribution in [0.25, 0.3) is 22.2 Å². The van der Waals surface area contributed by atoms with Crippen LogP contribution in [0.2, 0.25) is 0 Å². The molecule has 5 heteroatoms. The van der Waals surface area contributed by atoms with E-state index in [0.29, 0.717) is 12.1 Å². The van der Waals surface area contributed by atoms with E-state index in [1.165, 1.54) is 5.56 Å². The number of aromatic nitrogens is 1. The monoisotopic (exact) mass is 403 g/mol. The molecule has 0 spiro atoms. The van der Waals surface area contributed by atoms with Gasteiger partial charge in [-0.2, -0.15) is 0 Å². The summed E-state index contributed by atoms with van der Waals surface area (Å²) >= 11 is 0. The number of rotatable bonds is 6. The molecule has 156 valence electrons. The van der Waals surface area contributed by atoms with Crippen LogP contribution in [0.3, 0.4) is 0 Å². The first-order valence-electron chi connectivity index (χ1n) is 10.7. The normalized spacial score (nSPS) is 14.7. The van der Waals surface area contributed by atoms with Crippen molar-refractivity contribution in [1.82, 2.24) is 15.2 Å². The number of fused-ring (bicyclic) bond motifs is 1. The number of nitrogens with one attached hydrogen (secondary N) is 1. The lowest BCUT2D eigenvalue weighted by atomic mass is 10.0. The summed E-state index contributed by atoms with van der Waals surface area (Å²) in [7, 11) is 0. The van der Waals surface area contributed by atoms with E-state index in [9.17, 15) is 4.79 Å². The number of amides is 1. The quantitative estimate of drug-likeness (QED) is 0.680. The van der Waals surface area contributed by atoms with Gasteiger partial charge >= 0.3 is 0 Å². The number of pyridine rings is 1. The van der Waals surface area contributed by atoms with Crippen LogP contribution in [-0.2, 0) is 11.2 Å². The van der Waals surface area contributed by atoms with Gasteiger partial charge in [-0.1, -0.05) is 49.4 Å². The smallest absolute Gasteiger partial charge is 0.252 e. The van der Waals surface area contributed by atoms with E-state index < -0.39 is 0 Å². The minimum absolute atomic E-state index is 0.0484. The highest BCUT2D eigenvalue weighted by Crippen LogP contribution is 2.27. The number of benzene rings is 2. The third-order valence-electron chi connectivity index (χ3n) is 5.76. The molecule has 2 heterocycles. The zero-order valence-corrected chi connectivity index (χ0v) is 17.8. The van der Waals surface area contributed by atoms with Crippen LogP contribution >= 0.6 is 0 Å². The van der Waals surface area contributed by atoms with Crippen molar-refractivity contribution in [3.8, 4) is 11.3 Å². The molecular formula is C25H29N3O2. The molecular weight excluding hydrogens is 374 g/mol. The molecule has 2 aromatic carbocycles. The molecule has 30 heavy (non-hydrogen) atoms. The van der Waals surface area contributed by atoms with E-state index in [1.54, 1.807) is 0 Å². The Morgan fingerprint density at radius 1 is 1.13 bits per heavy atom. The maximum Gasteiger partial charge on any atom is 0.252 e. The molecule has 1 amide bonds. The third-order valence-corrected chi connectivity index (χ3v) is 5.76. The minimum Gasteiger partial charge on any atom is -0.379 e. The van der Waals surface area contributed by atoms with Crippen LogP contribution < -0.4 is 5.32 Å². The van der Waals surface area contributed by atoms with Crippen molar-refractivity contribution >= 4 is 16.8 Å². The number of carbonyl (C=O) groups is 1. The third kappa shape index (κ3) is 4.53. The second-order valence-corrected chi connectivity index (χ2v) is 7.79. The summed E-state index contributed by atoms with van der Waals surface area (Å²) in [5.41, 5.74) is 5.78. The lowest BCUT2D eigenvalue weighted by Crippen LogP contribution is -2.41. The number of aryl methyl sites for hydroxylation is 2. The second-order valence-electron chi connectivity index (χ2n) is 7.79. The molecule has 3 aromatic rings. The molecule has 1 aliphatic heterocycles. The van der Waals surface area contributed by atoms with Crippen LogP contribution in [0.5, 0.6) is 0 Å². The van der Waals surface area contributed by atoms with Crippen molar-refractivity contribution in [1.29, 1.82) is 0 Å². The van der Waals surface area contributed by atoms with E-state index in [0.717, 1.165) is 67.0 Å². The topological polar surface area (TPSA) is 54.5 Å². The Labute approximate surface area is 178 Å². The second kappa shape index (κ2) is 9.37. The predicted molar refractivity (Wildman–Crippen MR) is 121 cm³/mol. The fourth-order valence-corrected chi connectivity index (χ4v) is 3.89. The Balaban J connectivity index is 1.61. The Morgan fingerprint density at radius 3 is 2.63 bits per heavy atom. The predicted octanol–water partition coefficient (Wildman–Crippen LogP) is 3.83. The standard InChI is InChI=1S/C25H29N3O2/c1-3-19-7-9-20(10-8-19)23-17-22(21-6-4-5-18(2)24(21)27-23)25(29)26-11-12-28-13-15-30-16-14-28/h4-10,17H,3,11-16H2,1-2H3,(H,26,29). The van der Waals surface area contributed by atoms with Crippen molar-refractivity contribution in [2.75, 3.05) is 39.4 Å². The van der Waals surface area contributed by atoms with Gasteiger partial charge in [0.2, 0.25) is 0 Å². The first-order valence-corrected chi connectivity index (χ1v) is 10.7. The Kier molecular flexibility index (Phi) is 6.41. The molecule has 1 N–H and O–H groups in total. The van der Waals surface area contributed by atoms with E-state index >= 15 is 0 Å². The fraction of sp³-hybridized carbons (Fsp3) is 0.360. The van der Waals surface area contributed by atoms with Gasteiger partial charge in [0.05, 0.1) is 30.0 Å². The molecule has 1 saturated heterocycles. The molecule has 0 radical (unpaired) electrons. The van der Waals surface area contributed by atoms with Crippen molar-refractivity contribution in [2.45, 2.75) is 20.3 Å². The van der Waals surface area contributed by atoms with Crippen LogP contribution in [0.1, 0.15) is 28.4 Å². The number of carbonyl (C=O) groups excluding carboxylic acids is 1. The Hall–Kier alpha value is -2.76. The molecule has 0 unspecified atom stereocenters. The Morgan fingerprint density at radius 2 is 1.90 bits per heavy atom. The van der Waals surface area contributed by atoms with Gasteiger partial charge in [0, 0.05) is 37.1 Å². The van der Waals surface area contributed by atoms with Crippen LogP contribution in [0.4, 0.5) is 0 Å².